The van der Waals surface area contributed by atoms with Gasteiger partial charge in [0.1, 0.15) is 0 Å². The fraction of sp³-hybridized carbons (Fsp3) is 0.600. The van der Waals surface area contributed by atoms with E-state index < -0.39 is 0 Å². The van der Waals surface area contributed by atoms with Crippen molar-refractivity contribution in [1.29, 1.82) is 0 Å². The third-order valence-corrected chi connectivity index (χ3v) is 4.16. The first-order valence-electron chi connectivity index (χ1n) is 6.49. The maximum absolute atomic E-state index is 6.04. The van der Waals surface area contributed by atoms with E-state index in [1.807, 2.05) is 0 Å². The Hall–Kier alpha value is -0.860. The van der Waals surface area contributed by atoms with E-state index in [4.69, 9.17) is 10.5 Å². The normalized spacial score (nSPS) is 25.4. The number of ether oxygens (including phenoxy) is 1. The van der Waals surface area contributed by atoms with Crippen LogP contribution in [0.1, 0.15) is 30.9 Å². The molecule has 1 aliphatic rings. The van der Waals surface area contributed by atoms with Crippen molar-refractivity contribution < 1.29 is 4.74 Å². The van der Waals surface area contributed by atoms with E-state index in [1.54, 1.807) is 7.11 Å². The van der Waals surface area contributed by atoms with E-state index >= 15 is 0 Å². The van der Waals surface area contributed by atoms with Gasteiger partial charge >= 0.3 is 0 Å². The van der Waals surface area contributed by atoms with E-state index in [0.717, 1.165) is 25.8 Å². The van der Waals surface area contributed by atoms with Crippen LogP contribution in [0.3, 0.4) is 0 Å². The van der Waals surface area contributed by atoms with E-state index in [0.29, 0.717) is 6.10 Å². The molecule has 0 bridgehead atoms. The summed E-state index contributed by atoms with van der Waals surface area (Å²) in [6.45, 7) is 2.90. The summed E-state index contributed by atoms with van der Waals surface area (Å²) in [5.74, 6) is 0. The molecule has 0 spiro atoms. The maximum Gasteiger partial charge on any atom is 0.0549 e. The summed E-state index contributed by atoms with van der Waals surface area (Å²) in [4.78, 5) is 0. The Morgan fingerprint density at radius 1 is 1.35 bits per heavy atom. The Labute approximate surface area is 104 Å². The van der Waals surface area contributed by atoms with Gasteiger partial charge in [0.25, 0.3) is 0 Å². The van der Waals surface area contributed by atoms with Crippen LogP contribution in [-0.2, 0) is 17.6 Å². The van der Waals surface area contributed by atoms with Crippen molar-refractivity contribution in [2.75, 3.05) is 13.7 Å². The van der Waals surface area contributed by atoms with Crippen molar-refractivity contribution in [1.82, 2.24) is 0 Å². The topological polar surface area (TPSA) is 35.2 Å². The van der Waals surface area contributed by atoms with Crippen molar-refractivity contribution >= 4 is 0 Å². The van der Waals surface area contributed by atoms with Gasteiger partial charge in [-0.2, -0.15) is 0 Å². The number of fused-ring (bicyclic) bond motifs is 1. The molecule has 0 radical (unpaired) electrons. The molecule has 2 heteroatoms. The lowest BCUT2D eigenvalue weighted by Gasteiger charge is -2.39. The summed E-state index contributed by atoms with van der Waals surface area (Å²) in [5, 5.41) is 0. The van der Waals surface area contributed by atoms with Crippen LogP contribution in [0, 0.1) is 5.41 Å². The molecule has 2 N–H and O–H groups in total. The van der Waals surface area contributed by atoms with Gasteiger partial charge < -0.3 is 10.5 Å². The highest BCUT2D eigenvalue weighted by Gasteiger charge is 2.34. The van der Waals surface area contributed by atoms with Crippen LogP contribution in [-0.4, -0.2) is 19.8 Å². The molecule has 0 aromatic heterocycles. The second kappa shape index (κ2) is 5.19. The average molecular weight is 233 g/mol. The third kappa shape index (κ3) is 2.70. The molecule has 2 nitrogen and oxygen atoms in total. The van der Waals surface area contributed by atoms with Crippen molar-refractivity contribution in [3.63, 3.8) is 0 Å². The zero-order chi connectivity index (χ0) is 12.3. The van der Waals surface area contributed by atoms with E-state index in [2.05, 4.69) is 31.2 Å². The number of rotatable bonds is 4. The lowest BCUT2D eigenvalue weighted by atomic mass is 9.69. The van der Waals surface area contributed by atoms with Crippen LogP contribution >= 0.6 is 0 Å². The summed E-state index contributed by atoms with van der Waals surface area (Å²) < 4.78 is 5.41. The molecule has 0 fully saturated rings. The van der Waals surface area contributed by atoms with Gasteiger partial charge in [-0.05, 0) is 55.7 Å². The van der Waals surface area contributed by atoms with Gasteiger partial charge in [-0.15, -0.1) is 0 Å². The molecule has 94 valence electrons. The van der Waals surface area contributed by atoms with Crippen LogP contribution < -0.4 is 5.73 Å². The molecule has 2 atom stereocenters. The molecule has 17 heavy (non-hydrogen) atoms. The Bertz CT molecular complexity index is 377. The van der Waals surface area contributed by atoms with Gasteiger partial charge in [0.2, 0.25) is 0 Å². The largest absolute Gasteiger partial charge is 0.382 e. The summed E-state index contributed by atoms with van der Waals surface area (Å²) >= 11 is 0. The zero-order valence-corrected chi connectivity index (χ0v) is 10.9. The average Bonchev–Trinajstić information content (AvgIpc) is 2.38. The minimum absolute atomic E-state index is 0.240. The highest BCUT2D eigenvalue weighted by molar-refractivity contribution is 5.31. The fourth-order valence-corrected chi connectivity index (χ4v) is 2.99. The van der Waals surface area contributed by atoms with Crippen LogP contribution in [0.15, 0.2) is 24.3 Å². The first kappa shape index (κ1) is 12.6. The van der Waals surface area contributed by atoms with Crippen molar-refractivity contribution in [3.8, 4) is 0 Å². The third-order valence-electron chi connectivity index (χ3n) is 4.16. The summed E-state index contributed by atoms with van der Waals surface area (Å²) in [6, 6.07) is 8.75. The smallest absolute Gasteiger partial charge is 0.0549 e. The molecule has 2 rings (SSSR count). The van der Waals surface area contributed by atoms with Gasteiger partial charge in [-0.3, -0.25) is 0 Å². The van der Waals surface area contributed by atoms with Gasteiger partial charge in [-0.25, -0.2) is 0 Å². The van der Waals surface area contributed by atoms with Crippen molar-refractivity contribution in [2.45, 2.75) is 38.7 Å². The quantitative estimate of drug-likeness (QED) is 0.867. The van der Waals surface area contributed by atoms with E-state index in [-0.39, 0.29) is 5.41 Å². The Kier molecular flexibility index (Phi) is 3.85. The molecule has 0 heterocycles. The van der Waals surface area contributed by atoms with Crippen LogP contribution in [0.5, 0.6) is 0 Å². The molecular weight excluding hydrogens is 210 g/mol. The predicted octanol–water partition coefficient (Wildman–Crippen LogP) is 2.55. The molecule has 2 unspecified atom stereocenters. The Balaban J connectivity index is 2.17. The number of nitrogens with two attached hydrogens (primary N) is 1. The number of hydrogen-bond donors (Lipinski definition) is 1. The minimum Gasteiger partial charge on any atom is -0.382 e. The molecular formula is C15H23NO. The standard InChI is InChI=1S/C15H23NO/c1-12(17-2)9-15(11-16)8-7-13-5-3-4-6-14(13)10-15/h3-6,12H,7-11,16H2,1-2H3. The lowest BCUT2D eigenvalue weighted by Crippen LogP contribution is -2.39. The molecule has 1 aromatic carbocycles. The predicted molar refractivity (Wildman–Crippen MR) is 71.0 cm³/mol. The molecule has 1 aliphatic carbocycles. The first-order valence-corrected chi connectivity index (χ1v) is 6.49. The zero-order valence-electron chi connectivity index (χ0n) is 10.9. The molecule has 0 amide bonds. The fourth-order valence-electron chi connectivity index (χ4n) is 2.99. The van der Waals surface area contributed by atoms with Crippen LogP contribution in [0.4, 0.5) is 0 Å². The number of benzene rings is 1. The maximum atomic E-state index is 6.04. The lowest BCUT2D eigenvalue weighted by molar-refractivity contribution is 0.0601. The first-order chi connectivity index (χ1) is 8.19. The number of aryl methyl sites for hydroxylation is 1. The SMILES string of the molecule is COC(C)CC1(CN)CCc2ccccc2C1. The second-order valence-electron chi connectivity index (χ2n) is 5.40. The van der Waals surface area contributed by atoms with Crippen molar-refractivity contribution in [2.24, 2.45) is 11.1 Å². The van der Waals surface area contributed by atoms with Gasteiger partial charge in [-0.1, -0.05) is 24.3 Å². The summed E-state index contributed by atoms with van der Waals surface area (Å²) in [5.41, 5.74) is 9.26. The molecule has 0 saturated heterocycles. The highest BCUT2D eigenvalue weighted by atomic mass is 16.5. The van der Waals surface area contributed by atoms with E-state index in [1.165, 1.54) is 17.5 Å². The molecule has 0 aliphatic heterocycles. The number of methoxy groups -OCH3 is 1. The van der Waals surface area contributed by atoms with E-state index in [9.17, 15) is 0 Å². The van der Waals surface area contributed by atoms with Gasteiger partial charge in [0, 0.05) is 7.11 Å². The van der Waals surface area contributed by atoms with Crippen LogP contribution in [0.2, 0.25) is 0 Å². The summed E-state index contributed by atoms with van der Waals surface area (Å²) in [6.07, 6.45) is 4.81. The molecule has 1 aromatic rings. The van der Waals surface area contributed by atoms with Gasteiger partial charge in [0.05, 0.1) is 6.10 Å². The minimum atomic E-state index is 0.240. The second-order valence-corrected chi connectivity index (χ2v) is 5.40. The monoisotopic (exact) mass is 233 g/mol. The Morgan fingerprint density at radius 3 is 2.71 bits per heavy atom. The van der Waals surface area contributed by atoms with Crippen LogP contribution in [0.25, 0.3) is 0 Å². The molecule has 0 saturated carbocycles. The van der Waals surface area contributed by atoms with Crippen molar-refractivity contribution in [3.05, 3.63) is 35.4 Å². The Morgan fingerprint density at radius 2 is 2.06 bits per heavy atom. The number of hydrogen-bond acceptors (Lipinski definition) is 2. The van der Waals surface area contributed by atoms with Gasteiger partial charge in [0.15, 0.2) is 0 Å². The summed E-state index contributed by atoms with van der Waals surface area (Å²) in [7, 11) is 1.78. The highest BCUT2D eigenvalue weighted by Crippen LogP contribution is 2.38.